The first-order valence-electron chi connectivity index (χ1n) is 14.9. The number of pyridine rings is 1. The lowest BCUT2D eigenvalue weighted by Crippen LogP contribution is -2.79. The van der Waals surface area contributed by atoms with Gasteiger partial charge in [-0.2, -0.15) is 18.5 Å². The molecule has 4 atom stereocenters. The Balaban J connectivity index is 1.77. The number of para-hydroxylation sites is 2. The molecular formula is C33H29N6O8S+. The molecule has 0 bridgehead atoms. The Labute approximate surface area is 275 Å². The third-order valence-corrected chi connectivity index (χ3v) is 11.0. The number of fused-ring (bicyclic) bond motifs is 1. The van der Waals surface area contributed by atoms with Crippen molar-refractivity contribution in [3.8, 4) is 11.8 Å². The second-order valence-electron chi connectivity index (χ2n) is 11.2. The van der Waals surface area contributed by atoms with Crippen molar-refractivity contribution in [3.63, 3.8) is 0 Å². The summed E-state index contributed by atoms with van der Waals surface area (Å²) in [5.41, 5.74) is -0.947. The Morgan fingerprint density at radius 3 is 2.44 bits per heavy atom. The number of carbonyl (C=O) groups excluding carboxylic acids is 1. The molecule has 6 rings (SSSR count). The minimum atomic E-state index is -5.26. The number of nitriles is 1. The number of non-ortho nitro benzene ring substituents is 1. The van der Waals surface area contributed by atoms with Crippen LogP contribution in [0.15, 0.2) is 102 Å². The van der Waals surface area contributed by atoms with E-state index in [1.807, 2.05) is 0 Å². The summed E-state index contributed by atoms with van der Waals surface area (Å²) in [6.07, 6.45) is 0.872. The molecule has 0 saturated carbocycles. The summed E-state index contributed by atoms with van der Waals surface area (Å²) in [6, 6.07) is 20.9. The number of piperazine rings is 1. The van der Waals surface area contributed by atoms with Crippen molar-refractivity contribution in [1.29, 1.82) is 5.26 Å². The first-order chi connectivity index (χ1) is 23.0. The highest BCUT2D eigenvalue weighted by molar-refractivity contribution is 7.86. The van der Waals surface area contributed by atoms with Gasteiger partial charge in [-0.3, -0.25) is 15.1 Å². The van der Waals surface area contributed by atoms with E-state index in [9.17, 15) is 33.7 Å². The highest BCUT2D eigenvalue weighted by Crippen LogP contribution is 2.56. The van der Waals surface area contributed by atoms with Gasteiger partial charge in [0.25, 0.3) is 5.69 Å². The zero-order valence-corrected chi connectivity index (χ0v) is 26.3. The number of nitrogens with one attached hydrogen (secondary N) is 1. The molecule has 0 aliphatic carbocycles. The molecule has 14 nitrogen and oxygen atoms in total. The molecule has 15 heteroatoms. The monoisotopic (exact) mass is 669 g/mol. The summed E-state index contributed by atoms with van der Waals surface area (Å²) >= 11 is 0. The number of ether oxygens (including phenoxy) is 1. The minimum Gasteiger partial charge on any atom is -0.493 e. The first kappa shape index (κ1) is 32.1. The maximum absolute atomic E-state index is 15.9. The summed E-state index contributed by atoms with van der Waals surface area (Å²) in [5.74, 6) is -2.05. The second-order valence-corrected chi connectivity index (χ2v) is 13.2. The molecule has 2 aliphatic rings. The number of nitro benzene ring substituents is 1. The van der Waals surface area contributed by atoms with E-state index >= 15 is 4.79 Å². The largest absolute Gasteiger partial charge is 0.537 e. The maximum atomic E-state index is 15.9. The van der Waals surface area contributed by atoms with Gasteiger partial charge in [0.1, 0.15) is 17.2 Å². The van der Waals surface area contributed by atoms with Crippen LogP contribution in [0.5, 0.6) is 5.75 Å². The number of rotatable bonds is 8. The van der Waals surface area contributed by atoms with Crippen molar-refractivity contribution < 1.29 is 36.7 Å². The van der Waals surface area contributed by atoms with Gasteiger partial charge in [-0.05, 0) is 52.8 Å². The molecule has 244 valence electrons. The van der Waals surface area contributed by atoms with Gasteiger partial charge in [-0.25, -0.2) is 4.79 Å². The quantitative estimate of drug-likeness (QED) is 0.151. The van der Waals surface area contributed by atoms with Crippen LogP contribution in [0.2, 0.25) is 0 Å². The summed E-state index contributed by atoms with van der Waals surface area (Å²) in [4.78, 5) is 45.1. The van der Waals surface area contributed by atoms with E-state index < -0.39 is 65.5 Å². The molecule has 1 saturated heterocycles. The number of imide groups is 1. The number of nitro groups is 1. The summed E-state index contributed by atoms with van der Waals surface area (Å²) in [5, 5.41) is 36.5. The highest BCUT2D eigenvalue weighted by Gasteiger charge is 2.75. The van der Waals surface area contributed by atoms with Crippen LogP contribution < -0.4 is 15.0 Å². The molecule has 48 heavy (non-hydrogen) atoms. The molecule has 4 unspecified atom stereocenters. The Kier molecular flexibility index (Phi) is 8.07. The van der Waals surface area contributed by atoms with E-state index in [1.165, 1.54) is 17.3 Å². The number of hydrogen-bond donors (Lipinski definition) is 2. The average Bonchev–Trinajstić information content (AvgIpc) is 3.53. The third-order valence-electron chi connectivity index (χ3n) is 8.87. The normalized spacial score (nSPS) is 23.4. The summed E-state index contributed by atoms with van der Waals surface area (Å²) < 4.78 is 33.3. The van der Waals surface area contributed by atoms with Gasteiger partial charge in [0.05, 0.1) is 17.6 Å². The van der Waals surface area contributed by atoms with Crippen LogP contribution in [-0.2, 0) is 20.4 Å². The molecule has 2 amide bonds. The molecular weight excluding hydrogens is 640 g/mol. The van der Waals surface area contributed by atoms with E-state index in [0.717, 1.165) is 24.3 Å². The topological polar surface area (TPSA) is 193 Å². The van der Waals surface area contributed by atoms with E-state index in [-0.39, 0.29) is 24.5 Å². The number of nitrogens with zero attached hydrogens (tertiary/aromatic N) is 5. The molecule has 3 heterocycles. The number of benzene rings is 3. The lowest BCUT2D eigenvalue weighted by atomic mass is 9.70. The molecule has 2 N–H and O–H groups in total. The van der Waals surface area contributed by atoms with Gasteiger partial charge in [0, 0.05) is 53.9 Å². The zero-order valence-electron chi connectivity index (χ0n) is 25.5. The van der Waals surface area contributed by atoms with Crippen LogP contribution in [0.4, 0.5) is 21.9 Å². The van der Waals surface area contributed by atoms with E-state index in [0.29, 0.717) is 16.9 Å². The summed E-state index contributed by atoms with van der Waals surface area (Å²) in [7, 11) is -5.26. The Hall–Kier alpha value is -5.85. The van der Waals surface area contributed by atoms with E-state index in [4.69, 9.17) is 4.74 Å². The van der Waals surface area contributed by atoms with Crippen molar-refractivity contribution in [2.45, 2.75) is 29.3 Å². The van der Waals surface area contributed by atoms with Crippen LogP contribution in [0, 0.1) is 21.4 Å². The number of carboxylic acid groups (broad SMARTS) is 1. The van der Waals surface area contributed by atoms with Gasteiger partial charge in [0.15, 0.2) is 11.6 Å². The van der Waals surface area contributed by atoms with Gasteiger partial charge in [-0.1, -0.05) is 36.4 Å². The van der Waals surface area contributed by atoms with Gasteiger partial charge in [0.2, 0.25) is 0 Å². The maximum Gasteiger partial charge on any atom is 0.537 e. The number of sulfonamides is 1. The fourth-order valence-corrected chi connectivity index (χ4v) is 8.62. The standard InChI is InChI=1S/C33H28N6O8S/c1-2-47-30-10-6-4-8-27(30)33(28-20-36-29-9-5-3-7-26(28)29)31(40)39(32(41)42,21-24(19-34)37(33)22-15-17-35-18-16-22)48(45,46)25-13-11-23(12-14-25)38(43)44/h3-18,24,28,36H,2,20-21H2,1H3/p+1. The second kappa shape index (κ2) is 12.1. The minimum absolute atomic E-state index is 0.0580. The predicted octanol–water partition coefficient (Wildman–Crippen LogP) is 4.62. The molecule has 2 aliphatic heterocycles. The van der Waals surface area contributed by atoms with Crippen molar-refractivity contribution in [2.24, 2.45) is 0 Å². The number of anilines is 2. The third kappa shape index (κ3) is 4.56. The van der Waals surface area contributed by atoms with Gasteiger partial charge < -0.3 is 20.1 Å². The van der Waals surface area contributed by atoms with Crippen LogP contribution in [0.3, 0.4) is 0 Å². The van der Waals surface area contributed by atoms with Crippen molar-refractivity contribution in [3.05, 3.63) is 119 Å². The van der Waals surface area contributed by atoms with Crippen LogP contribution >= 0.6 is 0 Å². The van der Waals surface area contributed by atoms with Crippen LogP contribution in [-0.4, -0.2) is 65.1 Å². The lowest BCUT2D eigenvalue weighted by molar-refractivity contribution is -0.660. The van der Waals surface area contributed by atoms with Gasteiger partial charge in [-0.15, -0.1) is 0 Å². The number of carbonyl (C=O) groups is 2. The first-order valence-corrected chi connectivity index (χ1v) is 16.3. The number of amides is 2. The fourth-order valence-electron chi connectivity index (χ4n) is 6.88. The number of aromatic nitrogens is 1. The molecule has 3 aromatic carbocycles. The summed E-state index contributed by atoms with van der Waals surface area (Å²) in [6.45, 7) is 0.931. The van der Waals surface area contributed by atoms with Crippen molar-refractivity contribution >= 4 is 39.1 Å². The smallest absolute Gasteiger partial charge is 0.493 e. The Bertz CT molecular complexity index is 2070. The van der Waals surface area contributed by atoms with Crippen LogP contribution in [0.25, 0.3) is 0 Å². The molecule has 0 spiro atoms. The van der Waals surface area contributed by atoms with E-state index in [1.54, 1.807) is 67.6 Å². The van der Waals surface area contributed by atoms with Crippen molar-refractivity contribution in [2.75, 3.05) is 29.9 Å². The van der Waals surface area contributed by atoms with Crippen molar-refractivity contribution in [1.82, 2.24) is 4.98 Å². The molecule has 0 radical (unpaired) electrons. The average molecular weight is 670 g/mol. The number of quaternary nitrogens is 1. The van der Waals surface area contributed by atoms with Crippen LogP contribution in [0.1, 0.15) is 24.0 Å². The lowest BCUT2D eigenvalue weighted by Gasteiger charge is -2.54. The number of hydrogen-bond acceptors (Lipinski definition) is 11. The van der Waals surface area contributed by atoms with E-state index in [2.05, 4.69) is 16.4 Å². The predicted molar refractivity (Wildman–Crippen MR) is 172 cm³/mol. The molecule has 4 aromatic rings. The molecule has 1 fully saturated rings. The molecule has 1 aromatic heterocycles. The Morgan fingerprint density at radius 2 is 1.79 bits per heavy atom. The Morgan fingerprint density at radius 1 is 1.12 bits per heavy atom. The zero-order chi connectivity index (χ0) is 34.3. The SMILES string of the molecule is CCOc1ccccc1C1(C2CNc3ccccc32)C(=O)[N+](C(=O)O)(S(=O)(=O)c2ccc([N+](=O)[O-])cc2)CC(C#N)N1c1ccncc1. The highest BCUT2D eigenvalue weighted by atomic mass is 32.2. The van der Waals surface area contributed by atoms with Gasteiger partial charge >= 0.3 is 22.0 Å². The fraction of sp³-hybridized carbons (Fsp3) is 0.212.